The number of para-hydroxylation sites is 1. The Balaban J connectivity index is 2.01. The third kappa shape index (κ3) is 1.85. The van der Waals surface area contributed by atoms with Gasteiger partial charge in [-0.05, 0) is 40.2 Å². The van der Waals surface area contributed by atoms with Gasteiger partial charge in [0.15, 0.2) is 11.5 Å². The fraction of sp³-hybridized carbons (Fsp3) is 0.154. The van der Waals surface area contributed by atoms with Crippen molar-refractivity contribution in [2.45, 2.75) is 12.7 Å². The molecule has 2 aromatic rings. The third-order valence-corrected chi connectivity index (χ3v) is 3.57. The van der Waals surface area contributed by atoms with Gasteiger partial charge in [-0.2, -0.15) is 0 Å². The lowest BCUT2D eigenvalue weighted by atomic mass is 10.2. The molecule has 1 aliphatic rings. The first-order chi connectivity index (χ1) is 8.58. The highest BCUT2D eigenvalue weighted by atomic mass is 79.9. The normalized spacial score (nSPS) is 21.1. The SMILES string of the molecule is CC1(c2ccc(Cl)cn2)Oc2cccc(Br)c2O1. The summed E-state index contributed by atoms with van der Waals surface area (Å²) < 4.78 is 12.6. The molecule has 92 valence electrons. The molecule has 18 heavy (non-hydrogen) atoms. The van der Waals surface area contributed by atoms with Crippen LogP contribution in [-0.2, 0) is 5.79 Å². The molecule has 1 aromatic carbocycles. The van der Waals surface area contributed by atoms with Gasteiger partial charge in [-0.3, -0.25) is 4.98 Å². The predicted octanol–water partition coefficient (Wildman–Crippen LogP) is 4.14. The number of fused-ring (bicyclic) bond motifs is 1. The number of rotatable bonds is 1. The molecule has 3 nitrogen and oxygen atoms in total. The van der Waals surface area contributed by atoms with E-state index in [9.17, 15) is 0 Å². The van der Waals surface area contributed by atoms with E-state index < -0.39 is 5.79 Å². The molecule has 0 aliphatic carbocycles. The molecule has 0 saturated carbocycles. The Kier molecular flexibility index (Phi) is 2.72. The molecule has 0 fully saturated rings. The second-order valence-electron chi connectivity index (χ2n) is 4.08. The van der Waals surface area contributed by atoms with E-state index >= 15 is 0 Å². The summed E-state index contributed by atoms with van der Waals surface area (Å²) in [5.74, 6) is 0.469. The van der Waals surface area contributed by atoms with Gasteiger partial charge < -0.3 is 9.47 Å². The summed E-state index contributed by atoms with van der Waals surface area (Å²) in [7, 11) is 0. The van der Waals surface area contributed by atoms with Gasteiger partial charge in [0.1, 0.15) is 5.69 Å². The highest BCUT2D eigenvalue weighted by molar-refractivity contribution is 9.10. The van der Waals surface area contributed by atoms with Gasteiger partial charge in [0.2, 0.25) is 0 Å². The summed E-state index contributed by atoms with van der Waals surface area (Å²) in [4.78, 5) is 4.25. The topological polar surface area (TPSA) is 31.4 Å². The maximum atomic E-state index is 5.88. The van der Waals surface area contributed by atoms with Crippen molar-refractivity contribution >= 4 is 27.5 Å². The fourth-order valence-electron chi connectivity index (χ4n) is 1.84. The molecule has 1 aliphatic heterocycles. The van der Waals surface area contributed by atoms with E-state index in [0.717, 1.165) is 4.47 Å². The second kappa shape index (κ2) is 4.14. The summed E-state index contributed by atoms with van der Waals surface area (Å²) in [5.41, 5.74) is 0.676. The quantitative estimate of drug-likeness (QED) is 0.789. The summed E-state index contributed by atoms with van der Waals surface area (Å²) >= 11 is 9.26. The monoisotopic (exact) mass is 325 g/mol. The first kappa shape index (κ1) is 11.8. The van der Waals surface area contributed by atoms with Crippen molar-refractivity contribution in [1.29, 1.82) is 0 Å². The number of nitrogens with zero attached hydrogens (tertiary/aromatic N) is 1. The van der Waals surface area contributed by atoms with Crippen molar-refractivity contribution in [2.75, 3.05) is 0 Å². The number of ether oxygens (including phenoxy) is 2. The first-order valence-electron chi connectivity index (χ1n) is 5.37. The number of hydrogen-bond donors (Lipinski definition) is 0. The Hall–Kier alpha value is -1.26. The molecule has 3 rings (SSSR count). The number of halogens is 2. The molecule has 0 N–H and O–H groups in total. The Labute approximate surface area is 118 Å². The van der Waals surface area contributed by atoms with Gasteiger partial charge >= 0.3 is 0 Å². The van der Waals surface area contributed by atoms with Crippen LogP contribution in [0.3, 0.4) is 0 Å². The molecule has 0 saturated heterocycles. The Bertz CT molecular complexity index is 602. The van der Waals surface area contributed by atoms with E-state index in [1.165, 1.54) is 0 Å². The van der Waals surface area contributed by atoms with Gasteiger partial charge in [-0.25, -0.2) is 0 Å². The lowest BCUT2D eigenvalue weighted by Crippen LogP contribution is -2.32. The van der Waals surface area contributed by atoms with E-state index in [2.05, 4.69) is 20.9 Å². The van der Waals surface area contributed by atoms with E-state index in [4.69, 9.17) is 21.1 Å². The van der Waals surface area contributed by atoms with E-state index in [1.807, 2.05) is 25.1 Å². The van der Waals surface area contributed by atoms with Crippen LogP contribution in [0.15, 0.2) is 41.0 Å². The lowest BCUT2D eigenvalue weighted by Gasteiger charge is -2.22. The molecular weight excluding hydrogens is 318 g/mol. The smallest absolute Gasteiger partial charge is 0.292 e. The zero-order chi connectivity index (χ0) is 12.8. The van der Waals surface area contributed by atoms with Crippen molar-refractivity contribution in [3.63, 3.8) is 0 Å². The average molecular weight is 327 g/mol. The lowest BCUT2D eigenvalue weighted by molar-refractivity contribution is -0.0720. The first-order valence-corrected chi connectivity index (χ1v) is 6.54. The molecule has 0 bridgehead atoms. The van der Waals surface area contributed by atoms with Crippen molar-refractivity contribution < 1.29 is 9.47 Å². The number of hydrogen-bond acceptors (Lipinski definition) is 3. The molecule has 0 amide bonds. The molecule has 5 heteroatoms. The van der Waals surface area contributed by atoms with Crippen molar-refractivity contribution in [3.05, 3.63) is 51.7 Å². The third-order valence-electron chi connectivity index (χ3n) is 2.73. The van der Waals surface area contributed by atoms with Crippen LogP contribution in [0.2, 0.25) is 5.02 Å². The number of aromatic nitrogens is 1. The summed E-state index contributed by atoms with van der Waals surface area (Å²) in [6, 6.07) is 9.22. The number of pyridine rings is 1. The van der Waals surface area contributed by atoms with Gasteiger partial charge in [-0.1, -0.05) is 17.7 Å². The maximum absolute atomic E-state index is 5.88. The molecule has 0 radical (unpaired) electrons. The Morgan fingerprint density at radius 2 is 2.06 bits per heavy atom. The second-order valence-corrected chi connectivity index (χ2v) is 5.37. The average Bonchev–Trinajstić information content (AvgIpc) is 2.69. The van der Waals surface area contributed by atoms with Gasteiger partial charge in [0.05, 0.1) is 9.50 Å². The van der Waals surface area contributed by atoms with Crippen molar-refractivity contribution in [1.82, 2.24) is 4.98 Å². The Morgan fingerprint density at radius 3 is 2.72 bits per heavy atom. The summed E-state index contributed by atoms with van der Waals surface area (Å²) in [6.45, 7) is 1.83. The van der Waals surface area contributed by atoms with Crippen molar-refractivity contribution in [2.24, 2.45) is 0 Å². The van der Waals surface area contributed by atoms with E-state index in [1.54, 1.807) is 18.3 Å². The van der Waals surface area contributed by atoms with Crippen LogP contribution in [0.5, 0.6) is 11.5 Å². The van der Waals surface area contributed by atoms with Gasteiger partial charge in [0, 0.05) is 13.1 Å². The molecular formula is C13H9BrClNO2. The van der Waals surface area contributed by atoms with Crippen LogP contribution in [0, 0.1) is 0 Å². The van der Waals surface area contributed by atoms with E-state index in [0.29, 0.717) is 22.2 Å². The van der Waals surface area contributed by atoms with E-state index in [-0.39, 0.29) is 0 Å². The standard InChI is InChI=1S/C13H9BrClNO2/c1-13(11-6-5-8(15)7-16-11)17-10-4-2-3-9(14)12(10)18-13/h2-7H,1H3. The minimum Gasteiger partial charge on any atom is -0.443 e. The minimum atomic E-state index is -0.920. The highest BCUT2D eigenvalue weighted by Gasteiger charge is 2.40. The minimum absolute atomic E-state index is 0.582. The Morgan fingerprint density at radius 1 is 1.22 bits per heavy atom. The van der Waals surface area contributed by atoms with Crippen LogP contribution in [0.1, 0.15) is 12.6 Å². The van der Waals surface area contributed by atoms with Crippen LogP contribution in [0.25, 0.3) is 0 Å². The maximum Gasteiger partial charge on any atom is 0.292 e. The van der Waals surface area contributed by atoms with Crippen LogP contribution >= 0.6 is 27.5 Å². The van der Waals surface area contributed by atoms with Gasteiger partial charge in [-0.15, -0.1) is 0 Å². The largest absolute Gasteiger partial charge is 0.443 e. The van der Waals surface area contributed by atoms with Crippen LogP contribution in [0.4, 0.5) is 0 Å². The molecule has 1 unspecified atom stereocenters. The summed E-state index contributed by atoms with van der Waals surface area (Å²) in [5, 5.41) is 0.582. The zero-order valence-electron chi connectivity index (χ0n) is 9.48. The molecule has 1 atom stereocenters. The zero-order valence-corrected chi connectivity index (χ0v) is 11.8. The van der Waals surface area contributed by atoms with Crippen molar-refractivity contribution in [3.8, 4) is 11.5 Å². The molecule has 2 heterocycles. The summed E-state index contributed by atoms with van der Waals surface area (Å²) in [6.07, 6.45) is 1.58. The highest BCUT2D eigenvalue weighted by Crippen LogP contribution is 2.47. The fourth-order valence-corrected chi connectivity index (χ4v) is 2.38. The number of benzene rings is 1. The molecule has 1 aromatic heterocycles. The van der Waals surface area contributed by atoms with Gasteiger partial charge in [0.25, 0.3) is 5.79 Å². The van der Waals surface area contributed by atoms with Crippen LogP contribution in [-0.4, -0.2) is 4.98 Å². The van der Waals surface area contributed by atoms with Crippen LogP contribution < -0.4 is 9.47 Å². The molecule has 0 spiro atoms. The predicted molar refractivity (Wildman–Crippen MR) is 72.0 cm³/mol.